The number of hydrogen-bond acceptors (Lipinski definition) is 11. The van der Waals surface area contributed by atoms with Gasteiger partial charge in [-0.05, 0) is 110 Å². The van der Waals surface area contributed by atoms with Crippen LogP contribution in [0, 0.1) is 19.3 Å². The summed E-state index contributed by atoms with van der Waals surface area (Å²) in [6.45, 7) is 24.8. The number of benzene rings is 2. The molecule has 1 saturated heterocycles. The summed E-state index contributed by atoms with van der Waals surface area (Å²) < 4.78 is 30.8. The van der Waals surface area contributed by atoms with Crippen LogP contribution in [-0.4, -0.2) is 112 Å². The summed E-state index contributed by atoms with van der Waals surface area (Å²) in [6.07, 6.45) is 2.98. The fourth-order valence-corrected chi connectivity index (χ4v) is 8.48. The van der Waals surface area contributed by atoms with Crippen molar-refractivity contribution in [2.24, 2.45) is 11.1 Å². The van der Waals surface area contributed by atoms with Gasteiger partial charge in [0.1, 0.15) is 18.8 Å². The second-order valence-electron chi connectivity index (χ2n) is 17.7. The number of esters is 1. The third kappa shape index (κ3) is 13.7. The van der Waals surface area contributed by atoms with E-state index in [9.17, 15) is 9.59 Å². The van der Waals surface area contributed by atoms with Crippen LogP contribution < -0.4 is 11.1 Å². The maximum atomic E-state index is 14.0. The van der Waals surface area contributed by atoms with Crippen LogP contribution in [0.25, 0.3) is 11.1 Å². The van der Waals surface area contributed by atoms with E-state index < -0.39 is 5.60 Å². The van der Waals surface area contributed by atoms with Gasteiger partial charge in [0.05, 0.1) is 32.5 Å². The van der Waals surface area contributed by atoms with Crippen LogP contribution in [0.3, 0.4) is 0 Å². The summed E-state index contributed by atoms with van der Waals surface area (Å²) in [5.41, 5.74) is 12.5. The molecule has 1 saturated carbocycles. The van der Waals surface area contributed by atoms with Gasteiger partial charge >= 0.3 is 5.97 Å². The Kier molecular flexibility index (Phi) is 17.7. The van der Waals surface area contributed by atoms with Crippen molar-refractivity contribution >= 4 is 34.8 Å². The number of allylic oxidation sites excluding steroid dienone is 2. The van der Waals surface area contributed by atoms with Crippen LogP contribution in [-0.2, 0) is 39.9 Å². The summed E-state index contributed by atoms with van der Waals surface area (Å²) in [7, 11) is 0. The third-order valence-electron chi connectivity index (χ3n) is 11.9. The number of amides is 1. The Balaban J connectivity index is 1.08. The topological polar surface area (TPSA) is 125 Å². The van der Waals surface area contributed by atoms with Crippen LogP contribution >= 0.6 is 11.8 Å². The van der Waals surface area contributed by atoms with Gasteiger partial charge in [0.15, 0.2) is 11.4 Å². The van der Waals surface area contributed by atoms with E-state index in [0.29, 0.717) is 57.2 Å². The highest BCUT2D eigenvalue weighted by Gasteiger charge is 2.52. The number of hydrogen-bond donors (Lipinski definition) is 2. The largest absolute Gasteiger partial charge is 0.488 e. The van der Waals surface area contributed by atoms with Crippen LogP contribution in [0.2, 0.25) is 0 Å². The number of aryl methyl sites for hydroxylation is 2. The molecule has 11 nitrogen and oxygen atoms in total. The molecule has 330 valence electrons. The molecule has 60 heavy (non-hydrogen) atoms. The molecule has 2 aromatic carbocycles. The zero-order chi connectivity index (χ0) is 43.3. The molecule has 12 heteroatoms. The molecule has 1 amide bonds. The molecule has 3 N–H and O–H groups in total. The zero-order valence-corrected chi connectivity index (χ0v) is 38.2. The highest BCUT2D eigenvalue weighted by atomic mass is 32.2. The summed E-state index contributed by atoms with van der Waals surface area (Å²) in [4.78, 5) is 31.0. The minimum Gasteiger partial charge on any atom is -0.488 e. The maximum Gasteiger partial charge on any atom is 0.343 e. The average molecular weight is 847 g/mol. The van der Waals surface area contributed by atoms with Crippen molar-refractivity contribution in [1.82, 2.24) is 15.1 Å². The first kappa shape index (κ1) is 47.4. The Morgan fingerprint density at radius 3 is 2.18 bits per heavy atom. The van der Waals surface area contributed by atoms with E-state index in [4.69, 9.17) is 29.4 Å². The number of nitrogens with one attached hydrogen (secondary N) is 1. The molecule has 1 atom stereocenters. The number of thioether (sulfide) groups is 1. The quantitative estimate of drug-likeness (QED) is 0.101. The minimum absolute atomic E-state index is 0.0102. The number of carbonyl (C=O) groups is 2. The Hall–Kier alpha value is -3.65. The Bertz CT molecular complexity index is 1800. The second kappa shape index (κ2) is 22.4. The van der Waals surface area contributed by atoms with Crippen molar-refractivity contribution in [3.63, 3.8) is 0 Å². The van der Waals surface area contributed by atoms with Crippen LogP contribution in [0.15, 0.2) is 64.7 Å². The molecule has 0 aromatic heterocycles. The van der Waals surface area contributed by atoms with E-state index in [-0.39, 0.29) is 36.0 Å². The zero-order valence-electron chi connectivity index (χ0n) is 37.4. The lowest BCUT2D eigenvalue weighted by molar-refractivity contribution is -0.153. The SMILES string of the molecule is C/C(N)=C/S/C=C(\C)c1cc(C)c(C2=C(OCc3ccccc3)C3(CCC(OCCN4CCN(CCOCCOCC(=O)NC(C)C(C)(C)C)CC4)CC3)OC2=O)c(C)c1. The molecule has 1 unspecified atom stereocenters. The summed E-state index contributed by atoms with van der Waals surface area (Å²) >= 11 is 1.56. The molecule has 2 aliphatic heterocycles. The summed E-state index contributed by atoms with van der Waals surface area (Å²) in [5.74, 6) is 0.247. The Morgan fingerprint density at radius 1 is 0.950 bits per heavy atom. The molecule has 0 bridgehead atoms. The number of ether oxygens (including phenoxy) is 5. The summed E-state index contributed by atoms with van der Waals surface area (Å²) in [6, 6.07) is 14.5. The molecule has 1 aliphatic carbocycles. The highest BCUT2D eigenvalue weighted by molar-refractivity contribution is 8.05. The number of piperazine rings is 1. The van der Waals surface area contributed by atoms with E-state index >= 15 is 0 Å². The molecule has 2 heterocycles. The van der Waals surface area contributed by atoms with E-state index in [1.54, 1.807) is 11.8 Å². The number of nitrogens with two attached hydrogens (primary N) is 1. The van der Waals surface area contributed by atoms with Crippen molar-refractivity contribution in [1.29, 1.82) is 0 Å². The maximum absolute atomic E-state index is 14.0. The minimum atomic E-state index is -0.814. The van der Waals surface area contributed by atoms with Gasteiger partial charge in [-0.2, -0.15) is 0 Å². The van der Waals surface area contributed by atoms with E-state index in [2.05, 4.69) is 74.2 Å². The monoisotopic (exact) mass is 846 g/mol. The predicted octanol–water partition coefficient (Wildman–Crippen LogP) is 7.60. The van der Waals surface area contributed by atoms with Gasteiger partial charge < -0.3 is 34.7 Å². The number of rotatable bonds is 20. The second-order valence-corrected chi connectivity index (χ2v) is 18.5. The van der Waals surface area contributed by atoms with Gasteiger partial charge in [-0.1, -0.05) is 63.2 Å². The van der Waals surface area contributed by atoms with E-state index in [1.165, 1.54) is 0 Å². The molecule has 3 aliphatic rings. The smallest absolute Gasteiger partial charge is 0.343 e. The molecule has 1 spiro atoms. The van der Waals surface area contributed by atoms with Crippen molar-refractivity contribution in [3.8, 4) is 0 Å². The average Bonchev–Trinajstić information content (AvgIpc) is 3.46. The van der Waals surface area contributed by atoms with Gasteiger partial charge in [-0.3, -0.25) is 14.6 Å². The standard InChI is InChI=1S/C48H70N4O7S/c1-34-28-40(36(3)32-60-33-37(4)49)29-35(2)43(34)44-45(58-30-39-12-10-9-11-13-39)48(59-46(44)54)16-14-41(15-17-48)57-25-23-52-20-18-51(19-21-52)22-24-55-26-27-56-31-42(53)50-38(5)47(6,7)8/h9-13,28-29,32-33,38,41H,14-27,30-31,49H2,1-8H3,(H,50,53)/b36-32+,37-33-. The lowest BCUT2D eigenvalue weighted by Crippen LogP contribution is -2.48. The molecular weight excluding hydrogens is 777 g/mol. The highest BCUT2D eigenvalue weighted by Crippen LogP contribution is 2.49. The van der Waals surface area contributed by atoms with Crippen molar-refractivity contribution in [3.05, 3.63) is 92.6 Å². The molecule has 2 aromatic rings. The van der Waals surface area contributed by atoms with Crippen molar-refractivity contribution in [2.75, 3.05) is 72.3 Å². The Morgan fingerprint density at radius 2 is 1.57 bits per heavy atom. The number of carbonyl (C=O) groups excluding carboxylic acids is 2. The third-order valence-corrected chi connectivity index (χ3v) is 12.9. The molecule has 0 radical (unpaired) electrons. The summed E-state index contributed by atoms with van der Waals surface area (Å²) in [5, 5.41) is 7.01. The van der Waals surface area contributed by atoms with Gasteiger partial charge in [0.25, 0.3) is 0 Å². The van der Waals surface area contributed by atoms with E-state index in [0.717, 1.165) is 91.2 Å². The van der Waals surface area contributed by atoms with Gasteiger partial charge in [-0.25, -0.2) is 4.79 Å². The predicted molar refractivity (Wildman–Crippen MR) is 242 cm³/mol. The lowest BCUT2D eigenvalue weighted by atomic mass is 9.80. The first-order valence-electron chi connectivity index (χ1n) is 21.7. The number of nitrogens with zero attached hydrogens (tertiary/aromatic N) is 2. The van der Waals surface area contributed by atoms with Crippen LogP contribution in [0.5, 0.6) is 0 Å². The molecular formula is C48H70N4O7S. The van der Waals surface area contributed by atoms with Crippen molar-refractivity contribution in [2.45, 2.75) is 105 Å². The molecule has 5 rings (SSSR count). The van der Waals surface area contributed by atoms with E-state index in [1.807, 2.05) is 49.6 Å². The Labute approximate surface area is 363 Å². The normalized spacial score (nSPS) is 21.4. The first-order chi connectivity index (χ1) is 28.6. The molecule has 2 fully saturated rings. The van der Waals surface area contributed by atoms with Gasteiger partial charge in [0.2, 0.25) is 5.91 Å². The fraction of sp³-hybridized carbons (Fsp3) is 0.583. The van der Waals surface area contributed by atoms with Crippen molar-refractivity contribution < 1.29 is 33.3 Å². The van der Waals surface area contributed by atoms with Crippen LogP contribution in [0.1, 0.15) is 95.0 Å². The first-order valence-corrected chi connectivity index (χ1v) is 22.6. The van der Waals surface area contributed by atoms with Crippen LogP contribution in [0.4, 0.5) is 0 Å². The van der Waals surface area contributed by atoms with Gasteiger partial charge in [-0.15, -0.1) is 11.8 Å². The lowest BCUT2D eigenvalue weighted by Gasteiger charge is -2.38. The van der Waals surface area contributed by atoms with Gasteiger partial charge in [0, 0.05) is 51.0 Å². The fourth-order valence-electron chi connectivity index (χ4n) is 7.86.